The molecule has 10 heteroatoms. The maximum absolute atomic E-state index is 11.7. The predicted octanol–water partition coefficient (Wildman–Crippen LogP) is 3.96. The molecule has 0 fully saturated rings. The summed E-state index contributed by atoms with van der Waals surface area (Å²) in [5.74, 6) is 0. The number of anilines is 3. The second-order valence-electron chi connectivity index (χ2n) is 6.80. The van der Waals surface area contributed by atoms with E-state index in [0.29, 0.717) is 32.1 Å². The molecule has 1 heterocycles. The highest BCUT2D eigenvalue weighted by atomic mass is 32.2. The fraction of sp³-hybridized carbons (Fsp3) is 0.0476. The Morgan fingerprint density at radius 1 is 1.00 bits per heavy atom. The Morgan fingerprint density at radius 3 is 2.32 bits per heavy atom. The summed E-state index contributed by atoms with van der Waals surface area (Å²) in [4.78, 5) is 26.4. The SMILES string of the molecule is CS(=O)(=O)N(C=O)c1ccc(Nc2c3ccccc3nc3cc([N+](=O)[O-])ccc23)cc1. The minimum Gasteiger partial charge on any atom is -0.354 e. The van der Waals surface area contributed by atoms with Crippen LogP contribution in [0.15, 0.2) is 66.7 Å². The fourth-order valence-corrected chi connectivity index (χ4v) is 3.96. The molecule has 0 aliphatic carbocycles. The molecule has 0 atom stereocenters. The zero-order valence-corrected chi connectivity index (χ0v) is 17.0. The zero-order valence-electron chi connectivity index (χ0n) is 16.2. The molecule has 0 radical (unpaired) electrons. The monoisotopic (exact) mass is 436 g/mol. The fourth-order valence-electron chi connectivity index (χ4n) is 3.30. The molecule has 1 amide bonds. The molecule has 0 bridgehead atoms. The third-order valence-electron chi connectivity index (χ3n) is 4.72. The number of carbonyl (C=O) groups excluding carboxylic acids is 1. The van der Waals surface area contributed by atoms with E-state index in [2.05, 4.69) is 10.3 Å². The van der Waals surface area contributed by atoms with Gasteiger partial charge in [-0.1, -0.05) is 18.2 Å². The van der Waals surface area contributed by atoms with Gasteiger partial charge in [0.05, 0.1) is 33.6 Å². The predicted molar refractivity (Wildman–Crippen MR) is 119 cm³/mol. The Kier molecular flexibility index (Phi) is 4.99. The van der Waals surface area contributed by atoms with E-state index in [4.69, 9.17) is 0 Å². The standard InChI is InChI=1S/C21H16N4O5S/c1-31(29,30)24(13-26)15-8-6-14(7-9-15)22-21-17-4-2-3-5-19(17)23-20-12-16(25(27)28)10-11-18(20)21/h2-13H,1H3,(H,22,23). The number of aromatic nitrogens is 1. The van der Waals surface area contributed by atoms with Crippen molar-refractivity contribution in [1.82, 2.24) is 4.98 Å². The van der Waals surface area contributed by atoms with E-state index in [0.717, 1.165) is 11.6 Å². The Morgan fingerprint density at radius 2 is 1.68 bits per heavy atom. The number of benzene rings is 3. The number of pyridine rings is 1. The van der Waals surface area contributed by atoms with Crippen molar-refractivity contribution in [2.75, 3.05) is 15.9 Å². The van der Waals surface area contributed by atoms with Gasteiger partial charge in [0.2, 0.25) is 16.4 Å². The van der Waals surface area contributed by atoms with Crippen LogP contribution in [0.2, 0.25) is 0 Å². The Bertz CT molecular complexity index is 1440. The third-order valence-corrected chi connectivity index (χ3v) is 5.73. The molecule has 156 valence electrons. The first-order valence-electron chi connectivity index (χ1n) is 9.06. The maximum atomic E-state index is 11.7. The van der Waals surface area contributed by atoms with Gasteiger partial charge in [-0.2, -0.15) is 0 Å². The van der Waals surface area contributed by atoms with Gasteiger partial charge in [0.25, 0.3) is 5.69 Å². The van der Waals surface area contributed by atoms with Crippen molar-refractivity contribution in [3.05, 3.63) is 76.8 Å². The van der Waals surface area contributed by atoms with Gasteiger partial charge in [0.15, 0.2) is 0 Å². The number of nitro groups is 1. The van der Waals surface area contributed by atoms with Crippen LogP contribution >= 0.6 is 0 Å². The van der Waals surface area contributed by atoms with E-state index >= 15 is 0 Å². The summed E-state index contributed by atoms with van der Waals surface area (Å²) in [7, 11) is -3.73. The van der Waals surface area contributed by atoms with Gasteiger partial charge in [0, 0.05) is 28.6 Å². The van der Waals surface area contributed by atoms with E-state index in [-0.39, 0.29) is 17.8 Å². The first-order valence-corrected chi connectivity index (χ1v) is 10.9. The minimum atomic E-state index is -3.73. The molecule has 0 saturated carbocycles. The number of fused-ring (bicyclic) bond motifs is 2. The molecule has 1 N–H and O–H groups in total. The molecule has 0 aliphatic rings. The number of hydrogen-bond donors (Lipinski definition) is 1. The van der Waals surface area contributed by atoms with Crippen LogP contribution in [0.1, 0.15) is 0 Å². The lowest BCUT2D eigenvalue weighted by Crippen LogP contribution is -2.27. The van der Waals surface area contributed by atoms with Gasteiger partial charge in [0.1, 0.15) is 0 Å². The molecule has 0 aliphatic heterocycles. The van der Waals surface area contributed by atoms with Crippen molar-refractivity contribution in [3.63, 3.8) is 0 Å². The third kappa shape index (κ3) is 3.88. The topological polar surface area (TPSA) is 123 Å². The molecule has 4 rings (SSSR count). The van der Waals surface area contributed by atoms with Crippen LogP contribution in [0.25, 0.3) is 21.8 Å². The van der Waals surface area contributed by atoms with Crippen LogP contribution in [0.5, 0.6) is 0 Å². The summed E-state index contributed by atoms with van der Waals surface area (Å²) in [5, 5.41) is 16.0. The molecule has 9 nitrogen and oxygen atoms in total. The molecular formula is C21H16N4O5S. The van der Waals surface area contributed by atoms with Crippen LogP contribution in [-0.4, -0.2) is 31.0 Å². The molecule has 0 spiro atoms. The summed E-state index contributed by atoms with van der Waals surface area (Å²) < 4.78 is 24.1. The van der Waals surface area contributed by atoms with Gasteiger partial charge >= 0.3 is 0 Å². The van der Waals surface area contributed by atoms with Crippen LogP contribution in [0.3, 0.4) is 0 Å². The van der Waals surface area contributed by atoms with Gasteiger partial charge < -0.3 is 5.32 Å². The van der Waals surface area contributed by atoms with E-state index < -0.39 is 14.9 Å². The molecule has 31 heavy (non-hydrogen) atoms. The highest BCUT2D eigenvalue weighted by Crippen LogP contribution is 2.35. The lowest BCUT2D eigenvalue weighted by Gasteiger charge is -2.16. The van der Waals surface area contributed by atoms with Gasteiger partial charge in [-0.3, -0.25) is 14.9 Å². The van der Waals surface area contributed by atoms with Crippen LogP contribution in [-0.2, 0) is 14.8 Å². The zero-order chi connectivity index (χ0) is 22.2. The normalized spacial score (nSPS) is 11.4. The average Bonchev–Trinajstić information content (AvgIpc) is 2.73. The smallest absolute Gasteiger partial charge is 0.271 e. The number of sulfonamides is 1. The number of nitro benzene ring substituents is 1. The molecule has 4 aromatic rings. The number of nitrogens with zero attached hydrogens (tertiary/aromatic N) is 3. The lowest BCUT2D eigenvalue weighted by molar-refractivity contribution is -0.384. The van der Waals surface area contributed by atoms with Crippen molar-refractivity contribution in [3.8, 4) is 0 Å². The molecule has 0 unspecified atom stereocenters. The van der Waals surface area contributed by atoms with Crippen molar-refractivity contribution < 1.29 is 18.1 Å². The van der Waals surface area contributed by atoms with Crippen molar-refractivity contribution in [1.29, 1.82) is 0 Å². The van der Waals surface area contributed by atoms with Gasteiger partial charge in [-0.05, 0) is 36.4 Å². The van der Waals surface area contributed by atoms with Gasteiger partial charge in [-0.15, -0.1) is 0 Å². The van der Waals surface area contributed by atoms with Crippen molar-refractivity contribution >= 4 is 61.0 Å². The van der Waals surface area contributed by atoms with Crippen LogP contribution < -0.4 is 9.62 Å². The number of hydrogen-bond acceptors (Lipinski definition) is 7. The Labute approximate surface area is 177 Å². The first kappa shape index (κ1) is 20.2. The number of amides is 1. The Hall–Kier alpha value is -4.05. The second-order valence-corrected chi connectivity index (χ2v) is 8.66. The van der Waals surface area contributed by atoms with E-state index in [1.807, 2.05) is 24.3 Å². The summed E-state index contributed by atoms with van der Waals surface area (Å²) in [6.07, 6.45) is 1.19. The summed E-state index contributed by atoms with van der Waals surface area (Å²) in [5.41, 5.74) is 2.64. The van der Waals surface area contributed by atoms with E-state index in [9.17, 15) is 23.3 Å². The lowest BCUT2D eigenvalue weighted by atomic mass is 10.1. The second kappa shape index (κ2) is 7.65. The molecule has 1 aromatic heterocycles. The Balaban J connectivity index is 1.81. The highest BCUT2D eigenvalue weighted by molar-refractivity contribution is 7.92. The first-order chi connectivity index (χ1) is 14.8. The van der Waals surface area contributed by atoms with Crippen molar-refractivity contribution in [2.24, 2.45) is 0 Å². The minimum absolute atomic E-state index is 0.0553. The molecule has 0 saturated heterocycles. The number of non-ortho nitro benzene ring substituents is 1. The molecular weight excluding hydrogens is 420 g/mol. The number of nitrogens with one attached hydrogen (secondary N) is 1. The van der Waals surface area contributed by atoms with Gasteiger partial charge in [-0.25, -0.2) is 17.7 Å². The summed E-state index contributed by atoms with van der Waals surface area (Å²) in [6, 6.07) is 18.2. The van der Waals surface area contributed by atoms with Crippen LogP contribution in [0.4, 0.5) is 22.7 Å². The van der Waals surface area contributed by atoms with E-state index in [1.165, 1.54) is 24.3 Å². The quantitative estimate of drug-likeness (QED) is 0.210. The largest absolute Gasteiger partial charge is 0.354 e. The van der Waals surface area contributed by atoms with E-state index in [1.54, 1.807) is 18.2 Å². The molecule has 3 aromatic carbocycles. The summed E-state index contributed by atoms with van der Waals surface area (Å²) in [6.45, 7) is 0. The number of rotatable bonds is 6. The maximum Gasteiger partial charge on any atom is 0.271 e. The average molecular weight is 436 g/mol. The number of carbonyl (C=O) groups is 1. The van der Waals surface area contributed by atoms with Crippen molar-refractivity contribution in [2.45, 2.75) is 0 Å². The van der Waals surface area contributed by atoms with Crippen LogP contribution in [0, 0.1) is 10.1 Å². The summed E-state index contributed by atoms with van der Waals surface area (Å²) >= 11 is 0. The highest BCUT2D eigenvalue weighted by Gasteiger charge is 2.17. The number of para-hydroxylation sites is 1.